The fourth-order valence-corrected chi connectivity index (χ4v) is 5.21. The number of thiocarbonyl (C=S) groups is 1. The summed E-state index contributed by atoms with van der Waals surface area (Å²) in [5.74, 6) is 3.24. The van der Waals surface area contributed by atoms with E-state index in [2.05, 4.69) is 17.3 Å². The first-order valence-corrected chi connectivity index (χ1v) is 9.16. The second kappa shape index (κ2) is 6.33. The highest BCUT2D eigenvalue weighted by Gasteiger charge is 2.54. The summed E-state index contributed by atoms with van der Waals surface area (Å²) in [7, 11) is 1.53. The summed E-state index contributed by atoms with van der Waals surface area (Å²) in [6.07, 6.45) is 9.85. The molecule has 3 aliphatic carbocycles. The Morgan fingerprint density at radius 3 is 3.00 bits per heavy atom. The molecule has 0 aliphatic heterocycles. The van der Waals surface area contributed by atoms with Crippen LogP contribution in [0.4, 0.5) is 0 Å². The van der Waals surface area contributed by atoms with Crippen molar-refractivity contribution in [3.05, 3.63) is 35.9 Å². The van der Waals surface area contributed by atoms with E-state index in [4.69, 9.17) is 22.7 Å². The number of benzene rings is 1. The smallest absolute Gasteiger partial charge is 0.187 e. The number of methoxy groups -OCH3 is 1. The van der Waals surface area contributed by atoms with E-state index in [1.165, 1.54) is 20.0 Å². The van der Waals surface area contributed by atoms with Crippen molar-refractivity contribution in [3.63, 3.8) is 0 Å². The van der Waals surface area contributed by atoms with Crippen LogP contribution in [0.1, 0.15) is 24.8 Å². The molecule has 3 N–H and O–H groups in total. The molecule has 2 bridgehead atoms. The molecule has 0 amide bonds. The molecule has 132 valence electrons. The van der Waals surface area contributed by atoms with Crippen LogP contribution < -0.4 is 10.5 Å². The molecule has 0 heterocycles. The van der Waals surface area contributed by atoms with E-state index < -0.39 is 0 Å². The second-order valence-corrected chi connectivity index (χ2v) is 7.61. The first-order chi connectivity index (χ1) is 12.1. The Labute approximate surface area is 153 Å². The minimum Gasteiger partial charge on any atom is -0.504 e. The van der Waals surface area contributed by atoms with Crippen molar-refractivity contribution >= 4 is 23.5 Å². The van der Waals surface area contributed by atoms with Crippen LogP contribution in [0, 0.1) is 23.7 Å². The number of aromatic hydroxyl groups is 1. The maximum absolute atomic E-state index is 10.2. The van der Waals surface area contributed by atoms with Crippen molar-refractivity contribution in [1.82, 2.24) is 5.01 Å². The lowest BCUT2D eigenvalue weighted by Gasteiger charge is -2.36. The number of para-hydroxylation sites is 1. The molecule has 5 atom stereocenters. The Hall–Kier alpha value is -2.08. The summed E-state index contributed by atoms with van der Waals surface area (Å²) in [6.45, 7) is 0. The predicted molar refractivity (Wildman–Crippen MR) is 102 cm³/mol. The van der Waals surface area contributed by atoms with Crippen LogP contribution in [0.25, 0.3) is 0 Å². The molecule has 4 rings (SSSR count). The van der Waals surface area contributed by atoms with E-state index in [0.29, 0.717) is 23.1 Å². The van der Waals surface area contributed by atoms with Gasteiger partial charge in [0.15, 0.2) is 16.6 Å². The Morgan fingerprint density at radius 2 is 2.24 bits per heavy atom. The number of phenolic OH excluding ortho intramolecular Hbond substituents is 1. The van der Waals surface area contributed by atoms with E-state index in [1.807, 2.05) is 6.07 Å². The third-order valence-corrected chi connectivity index (χ3v) is 6.27. The van der Waals surface area contributed by atoms with Crippen molar-refractivity contribution in [1.29, 1.82) is 0 Å². The van der Waals surface area contributed by atoms with Gasteiger partial charge in [-0.15, -0.1) is 0 Å². The molecule has 2 saturated carbocycles. The van der Waals surface area contributed by atoms with E-state index in [9.17, 15) is 5.11 Å². The van der Waals surface area contributed by atoms with Gasteiger partial charge >= 0.3 is 0 Å². The summed E-state index contributed by atoms with van der Waals surface area (Å²) in [4.78, 5) is 0. The van der Waals surface area contributed by atoms with Crippen molar-refractivity contribution in [2.45, 2.75) is 25.3 Å². The van der Waals surface area contributed by atoms with Gasteiger partial charge in [-0.1, -0.05) is 18.2 Å². The third kappa shape index (κ3) is 2.68. The van der Waals surface area contributed by atoms with Gasteiger partial charge in [0, 0.05) is 5.56 Å². The van der Waals surface area contributed by atoms with Crippen LogP contribution >= 0.6 is 12.2 Å². The van der Waals surface area contributed by atoms with Crippen molar-refractivity contribution in [3.8, 4) is 11.5 Å². The number of allylic oxidation sites excluding steroid dienone is 2. The third-order valence-electron chi connectivity index (χ3n) is 6.09. The highest BCUT2D eigenvalue weighted by Crippen LogP contribution is 2.57. The van der Waals surface area contributed by atoms with Crippen LogP contribution in [0.15, 0.2) is 35.5 Å². The van der Waals surface area contributed by atoms with E-state index in [0.717, 1.165) is 18.3 Å². The largest absolute Gasteiger partial charge is 0.504 e. The lowest BCUT2D eigenvalue weighted by Crippen LogP contribution is -2.45. The van der Waals surface area contributed by atoms with Gasteiger partial charge in [-0.25, -0.2) is 5.01 Å². The van der Waals surface area contributed by atoms with Crippen LogP contribution in [0.2, 0.25) is 0 Å². The maximum atomic E-state index is 10.2. The SMILES string of the molecule is COc1cccc(/C=N/N(C(N)=S)C2CC3CC2C2C=CCC32)c1O. The first-order valence-electron chi connectivity index (χ1n) is 8.75. The van der Waals surface area contributed by atoms with Crippen LogP contribution in [-0.2, 0) is 0 Å². The zero-order chi connectivity index (χ0) is 17.6. The second-order valence-electron chi connectivity index (χ2n) is 7.19. The van der Waals surface area contributed by atoms with Crippen LogP contribution in [0.3, 0.4) is 0 Å². The zero-order valence-electron chi connectivity index (χ0n) is 14.2. The Kier molecular flexibility index (Phi) is 4.15. The topological polar surface area (TPSA) is 71.1 Å². The number of hydrazone groups is 1. The number of hydrogen-bond acceptors (Lipinski definition) is 4. The number of phenols is 1. The monoisotopic (exact) mass is 357 g/mol. The van der Waals surface area contributed by atoms with Crippen molar-refractivity contribution < 1.29 is 9.84 Å². The molecule has 0 aromatic heterocycles. The Bertz CT molecular complexity index is 748. The summed E-state index contributed by atoms with van der Waals surface area (Å²) in [5.41, 5.74) is 6.57. The van der Waals surface area contributed by atoms with Gasteiger partial charge in [-0.05, 0) is 67.3 Å². The van der Waals surface area contributed by atoms with Crippen LogP contribution in [0.5, 0.6) is 11.5 Å². The standard InChI is InChI=1S/C19H23N3O2S/c1-24-17-7-2-4-11(18(17)23)10-21-22(19(20)25)16-9-12-8-15(16)14-6-3-5-13(12)14/h2-4,6-7,10,12-16,23H,5,8-9H2,1H3,(H2,20,25)/b21-10+. The van der Waals surface area contributed by atoms with Crippen LogP contribution in [-0.4, -0.2) is 34.6 Å². The summed E-state index contributed by atoms with van der Waals surface area (Å²) >= 11 is 5.27. The molecule has 0 saturated heterocycles. The Morgan fingerprint density at radius 1 is 1.40 bits per heavy atom. The lowest BCUT2D eigenvalue weighted by atomic mass is 9.79. The molecule has 2 fully saturated rings. The number of nitrogens with two attached hydrogens (primary N) is 1. The minimum absolute atomic E-state index is 0.0726. The minimum atomic E-state index is 0.0726. The van der Waals surface area contributed by atoms with Crippen molar-refractivity contribution in [2.24, 2.45) is 34.5 Å². The number of rotatable bonds is 4. The fourth-order valence-electron chi connectivity index (χ4n) is 5.03. The number of hydrogen-bond donors (Lipinski definition) is 2. The van der Waals surface area contributed by atoms with Gasteiger partial charge in [0.1, 0.15) is 0 Å². The average molecular weight is 357 g/mol. The zero-order valence-corrected chi connectivity index (χ0v) is 15.0. The highest BCUT2D eigenvalue weighted by atomic mass is 32.1. The molecule has 3 aliphatic rings. The summed E-state index contributed by atoms with van der Waals surface area (Å²) < 4.78 is 5.14. The van der Waals surface area contributed by atoms with E-state index >= 15 is 0 Å². The quantitative estimate of drug-likeness (QED) is 0.375. The van der Waals surface area contributed by atoms with Crippen molar-refractivity contribution in [2.75, 3.05) is 7.11 Å². The van der Waals surface area contributed by atoms with E-state index in [1.54, 1.807) is 23.4 Å². The number of ether oxygens (including phenoxy) is 1. The molecule has 1 aromatic carbocycles. The van der Waals surface area contributed by atoms with Gasteiger partial charge < -0.3 is 15.6 Å². The summed E-state index contributed by atoms with van der Waals surface area (Å²) in [5, 5.41) is 16.8. The van der Waals surface area contributed by atoms with Gasteiger partial charge in [0.05, 0.1) is 19.4 Å². The molecule has 25 heavy (non-hydrogen) atoms. The molecule has 6 heteroatoms. The summed E-state index contributed by atoms with van der Waals surface area (Å²) in [6, 6.07) is 5.56. The van der Waals surface area contributed by atoms with Gasteiger partial charge in [-0.3, -0.25) is 0 Å². The molecule has 5 nitrogen and oxygen atoms in total. The highest BCUT2D eigenvalue weighted by molar-refractivity contribution is 7.80. The molecular weight excluding hydrogens is 334 g/mol. The molecular formula is C19H23N3O2S. The fraction of sp³-hybridized carbons (Fsp3) is 0.474. The number of nitrogens with zero attached hydrogens (tertiary/aromatic N) is 2. The molecule has 0 radical (unpaired) electrons. The average Bonchev–Trinajstić information content (AvgIpc) is 3.29. The van der Waals surface area contributed by atoms with Gasteiger partial charge in [-0.2, -0.15) is 5.10 Å². The predicted octanol–water partition coefficient (Wildman–Crippen LogP) is 2.88. The van der Waals surface area contributed by atoms with Gasteiger partial charge in [0.25, 0.3) is 0 Å². The molecule has 1 aromatic rings. The lowest BCUT2D eigenvalue weighted by molar-refractivity contribution is 0.166. The Balaban J connectivity index is 1.57. The maximum Gasteiger partial charge on any atom is 0.187 e. The first kappa shape index (κ1) is 16.4. The normalized spacial score (nSPS) is 32.3. The van der Waals surface area contributed by atoms with E-state index in [-0.39, 0.29) is 16.9 Å². The number of fused-ring (bicyclic) bond motifs is 5. The molecule has 0 spiro atoms. The molecule has 5 unspecified atom stereocenters. The van der Waals surface area contributed by atoms with Gasteiger partial charge in [0.2, 0.25) is 0 Å².